The first-order valence-corrected chi connectivity index (χ1v) is 9.98. The van der Waals surface area contributed by atoms with Crippen LogP contribution in [0.1, 0.15) is 82.9 Å². The zero-order valence-corrected chi connectivity index (χ0v) is 18.6. The van der Waals surface area contributed by atoms with E-state index in [4.69, 9.17) is 4.74 Å². The monoisotopic (exact) mass is 364 g/mol. The van der Waals surface area contributed by atoms with Crippen molar-refractivity contribution in [2.24, 2.45) is 0 Å². The molecule has 0 radical (unpaired) electrons. The summed E-state index contributed by atoms with van der Waals surface area (Å²) in [5.74, 6) is -0.201. The van der Waals surface area contributed by atoms with Gasteiger partial charge in [-0.05, 0) is 23.3 Å². The number of esters is 1. The van der Waals surface area contributed by atoms with Crippen molar-refractivity contribution in [3.63, 3.8) is 0 Å². The number of rotatable bonds is 12. The van der Waals surface area contributed by atoms with E-state index in [1.54, 1.807) is 0 Å². The van der Waals surface area contributed by atoms with Crippen molar-refractivity contribution < 1.29 is 40.5 Å². The van der Waals surface area contributed by atoms with Gasteiger partial charge in [0.1, 0.15) is 0 Å². The predicted molar refractivity (Wildman–Crippen MR) is 107 cm³/mol. The maximum atomic E-state index is 12.3. The van der Waals surface area contributed by atoms with Crippen molar-refractivity contribution in [3.05, 3.63) is 48.0 Å². The van der Waals surface area contributed by atoms with Crippen LogP contribution in [-0.2, 0) is 4.74 Å². The molecule has 0 unspecified atom stereocenters. The molecule has 3 heteroatoms. The summed E-state index contributed by atoms with van der Waals surface area (Å²) < 4.78 is 5.47. The molecule has 2 rings (SSSR count). The Morgan fingerprint density at radius 2 is 1.38 bits per heavy atom. The molecule has 138 valence electrons. The Kier molecular flexibility index (Phi) is 12.7. The molecule has 0 heterocycles. The maximum Gasteiger partial charge on any atom is 1.00 e. The summed E-state index contributed by atoms with van der Waals surface area (Å²) in [6.07, 6.45) is 12.9. The van der Waals surface area contributed by atoms with E-state index < -0.39 is 0 Å². The summed E-state index contributed by atoms with van der Waals surface area (Å²) in [4.78, 5) is 12.3. The zero-order chi connectivity index (χ0) is 17.7. The van der Waals surface area contributed by atoms with Gasteiger partial charge in [0, 0.05) is 0 Å². The standard InChI is InChI=1S/C23H32O2.Na.H/c1-2-3-4-5-6-7-8-9-10-13-19-25-23(24)22-18-14-16-20-15-11-12-17-21(20)22;;/h11-12,14-18H,2-10,13,19H2,1H3;;/q;+1;-1. The van der Waals surface area contributed by atoms with Gasteiger partial charge in [-0.1, -0.05) is 101 Å². The van der Waals surface area contributed by atoms with Gasteiger partial charge in [-0.15, -0.1) is 0 Å². The summed E-state index contributed by atoms with van der Waals surface area (Å²) in [7, 11) is 0. The van der Waals surface area contributed by atoms with Crippen LogP contribution in [0.15, 0.2) is 42.5 Å². The van der Waals surface area contributed by atoms with Gasteiger partial charge < -0.3 is 6.16 Å². The van der Waals surface area contributed by atoms with E-state index in [0.29, 0.717) is 12.2 Å². The fraction of sp³-hybridized carbons (Fsp3) is 0.522. The van der Waals surface area contributed by atoms with Gasteiger partial charge >= 0.3 is 35.5 Å². The Labute approximate surface area is 182 Å². The van der Waals surface area contributed by atoms with E-state index in [1.807, 2.05) is 42.5 Å². The molecule has 0 bridgehead atoms. The SMILES string of the molecule is CCCCCCCCCCCCOC(=O)c1cccc2ccccc12.[H-].[Na+]. The van der Waals surface area contributed by atoms with Crippen LogP contribution < -0.4 is 29.6 Å². The van der Waals surface area contributed by atoms with Gasteiger partial charge in [0.15, 0.2) is 0 Å². The third kappa shape index (κ3) is 8.24. The molecule has 2 aromatic rings. The number of fused-ring (bicyclic) bond motifs is 1. The number of benzene rings is 2. The molecule has 0 aromatic heterocycles. The van der Waals surface area contributed by atoms with E-state index in [-0.39, 0.29) is 37.0 Å². The van der Waals surface area contributed by atoms with Crippen LogP contribution in [0.2, 0.25) is 0 Å². The summed E-state index contributed by atoms with van der Waals surface area (Å²) in [6, 6.07) is 13.7. The van der Waals surface area contributed by atoms with Crippen molar-refractivity contribution >= 4 is 16.7 Å². The number of carbonyl (C=O) groups is 1. The predicted octanol–water partition coefficient (Wildman–Crippen LogP) is 4.03. The topological polar surface area (TPSA) is 26.3 Å². The molecule has 0 saturated heterocycles. The van der Waals surface area contributed by atoms with Gasteiger partial charge in [-0.25, -0.2) is 4.79 Å². The Morgan fingerprint density at radius 1 is 0.808 bits per heavy atom. The van der Waals surface area contributed by atoms with Crippen LogP contribution in [0.5, 0.6) is 0 Å². The van der Waals surface area contributed by atoms with Gasteiger partial charge in [0.05, 0.1) is 12.2 Å². The number of hydrogen-bond acceptors (Lipinski definition) is 2. The average molecular weight is 365 g/mol. The Hall–Kier alpha value is -0.830. The number of carbonyl (C=O) groups excluding carboxylic acids is 1. The quantitative estimate of drug-likeness (QED) is 0.323. The average Bonchev–Trinajstić information content (AvgIpc) is 2.65. The van der Waals surface area contributed by atoms with Crippen molar-refractivity contribution in [1.29, 1.82) is 0 Å². The number of hydrogen-bond donors (Lipinski definition) is 0. The van der Waals surface area contributed by atoms with E-state index in [2.05, 4.69) is 6.92 Å². The van der Waals surface area contributed by atoms with Crippen molar-refractivity contribution in [3.8, 4) is 0 Å². The van der Waals surface area contributed by atoms with Gasteiger partial charge in [-0.2, -0.15) is 0 Å². The number of ether oxygens (including phenoxy) is 1. The van der Waals surface area contributed by atoms with E-state index in [0.717, 1.165) is 23.6 Å². The second kappa shape index (κ2) is 14.3. The van der Waals surface area contributed by atoms with Gasteiger partial charge in [0.25, 0.3) is 0 Å². The Morgan fingerprint density at radius 3 is 2.08 bits per heavy atom. The molecule has 2 aromatic carbocycles. The molecule has 0 saturated carbocycles. The summed E-state index contributed by atoms with van der Waals surface area (Å²) >= 11 is 0. The Balaban J connectivity index is 0.00000338. The van der Waals surface area contributed by atoms with Crippen LogP contribution in [-0.4, -0.2) is 12.6 Å². The molecular weight excluding hydrogens is 331 g/mol. The minimum Gasteiger partial charge on any atom is -1.00 e. The summed E-state index contributed by atoms with van der Waals surface area (Å²) in [5.41, 5.74) is 0.671. The maximum absolute atomic E-state index is 12.3. The third-order valence-corrected chi connectivity index (χ3v) is 4.74. The molecular formula is C23H33NaO2. The minimum atomic E-state index is -0.201. The molecule has 2 nitrogen and oxygen atoms in total. The number of unbranched alkanes of at least 4 members (excludes halogenated alkanes) is 9. The first kappa shape index (κ1) is 23.2. The van der Waals surface area contributed by atoms with Crippen molar-refractivity contribution in [1.82, 2.24) is 0 Å². The van der Waals surface area contributed by atoms with Gasteiger partial charge in [-0.3, -0.25) is 0 Å². The molecule has 26 heavy (non-hydrogen) atoms. The van der Waals surface area contributed by atoms with Crippen LogP contribution in [0.25, 0.3) is 10.8 Å². The smallest absolute Gasteiger partial charge is 1.00 e. The summed E-state index contributed by atoms with van der Waals surface area (Å²) in [5, 5.41) is 2.05. The van der Waals surface area contributed by atoms with Crippen molar-refractivity contribution in [2.75, 3.05) is 6.61 Å². The van der Waals surface area contributed by atoms with Crippen LogP contribution in [0.3, 0.4) is 0 Å². The van der Waals surface area contributed by atoms with Crippen LogP contribution in [0, 0.1) is 0 Å². The molecule has 0 amide bonds. The van der Waals surface area contributed by atoms with Crippen LogP contribution >= 0.6 is 0 Å². The van der Waals surface area contributed by atoms with Gasteiger partial charge in [0.2, 0.25) is 0 Å². The fourth-order valence-electron chi connectivity index (χ4n) is 3.24. The zero-order valence-electron chi connectivity index (χ0n) is 17.6. The normalized spacial score (nSPS) is 10.5. The molecule has 0 aliphatic carbocycles. The molecule has 0 N–H and O–H groups in total. The molecule has 0 fully saturated rings. The molecule has 0 spiro atoms. The molecule has 0 aliphatic rings. The third-order valence-electron chi connectivity index (χ3n) is 4.74. The van der Waals surface area contributed by atoms with E-state index in [1.165, 1.54) is 51.4 Å². The molecule has 0 aliphatic heterocycles. The first-order valence-electron chi connectivity index (χ1n) is 9.98. The van der Waals surface area contributed by atoms with E-state index in [9.17, 15) is 4.79 Å². The fourth-order valence-corrected chi connectivity index (χ4v) is 3.24. The van der Waals surface area contributed by atoms with E-state index >= 15 is 0 Å². The second-order valence-electron chi connectivity index (χ2n) is 6.84. The van der Waals surface area contributed by atoms with Crippen molar-refractivity contribution in [2.45, 2.75) is 71.1 Å². The second-order valence-corrected chi connectivity index (χ2v) is 6.84. The minimum absolute atomic E-state index is 0. The summed E-state index contributed by atoms with van der Waals surface area (Å²) in [6.45, 7) is 2.78. The molecule has 0 atom stereocenters. The Bertz CT molecular complexity index is 640. The van der Waals surface area contributed by atoms with Crippen LogP contribution in [0.4, 0.5) is 0 Å². The first-order chi connectivity index (χ1) is 12.3. The largest absolute Gasteiger partial charge is 1.00 e.